The number of ether oxygens (including phenoxy) is 1. The van der Waals surface area contributed by atoms with Crippen LogP contribution in [0.4, 0.5) is 0 Å². The van der Waals surface area contributed by atoms with Gasteiger partial charge >= 0.3 is 5.97 Å². The smallest absolute Gasteiger partial charge is 0.330 e. The predicted octanol–water partition coefficient (Wildman–Crippen LogP) is 5.34. The summed E-state index contributed by atoms with van der Waals surface area (Å²) in [6.07, 6.45) is 0. The molecule has 0 aromatic heterocycles. The summed E-state index contributed by atoms with van der Waals surface area (Å²) < 4.78 is 5.16. The van der Waals surface area contributed by atoms with Gasteiger partial charge in [-0.05, 0) is 18.4 Å². The van der Waals surface area contributed by atoms with Crippen molar-refractivity contribution in [3.05, 3.63) is 67.1 Å². The third-order valence-electron chi connectivity index (χ3n) is 5.31. The maximum absolute atomic E-state index is 13.1. The van der Waals surface area contributed by atoms with Crippen LogP contribution in [-0.2, 0) is 14.3 Å². The second-order valence-electron chi connectivity index (χ2n) is 7.98. The molecular formula is C23H20Cl4N2O5. The Hall–Kier alpha value is -2.32. The minimum Gasteiger partial charge on any atom is -0.454 e. The van der Waals surface area contributed by atoms with Gasteiger partial charge in [0.1, 0.15) is 6.04 Å². The van der Waals surface area contributed by atoms with Crippen molar-refractivity contribution in [2.24, 2.45) is 5.92 Å². The normalized spacial score (nSPS) is 14.8. The number of fused-ring (bicyclic) bond motifs is 1. The summed E-state index contributed by atoms with van der Waals surface area (Å²) in [6.45, 7) is 4.43. The molecule has 3 amide bonds. The Morgan fingerprint density at radius 3 is 1.85 bits per heavy atom. The van der Waals surface area contributed by atoms with Crippen molar-refractivity contribution in [2.45, 2.75) is 32.9 Å². The van der Waals surface area contributed by atoms with E-state index in [1.165, 1.54) is 0 Å². The Balaban J connectivity index is 1.77. The van der Waals surface area contributed by atoms with Gasteiger partial charge in [-0.2, -0.15) is 0 Å². The van der Waals surface area contributed by atoms with Gasteiger partial charge in [-0.25, -0.2) is 4.79 Å². The molecule has 0 saturated heterocycles. The number of carbonyl (C=O) groups is 4. The number of imide groups is 1. The predicted molar refractivity (Wildman–Crippen MR) is 130 cm³/mol. The Morgan fingerprint density at radius 2 is 1.38 bits per heavy atom. The van der Waals surface area contributed by atoms with Crippen molar-refractivity contribution in [3.8, 4) is 0 Å². The summed E-state index contributed by atoms with van der Waals surface area (Å²) in [5.41, 5.74) is 0.400. The van der Waals surface area contributed by atoms with E-state index in [0.29, 0.717) is 4.90 Å². The van der Waals surface area contributed by atoms with Crippen LogP contribution in [0.5, 0.6) is 0 Å². The van der Waals surface area contributed by atoms with E-state index in [1.807, 2.05) is 30.3 Å². The topological polar surface area (TPSA) is 92.8 Å². The Morgan fingerprint density at radius 1 is 0.882 bits per heavy atom. The lowest BCUT2D eigenvalue weighted by molar-refractivity contribution is -0.153. The summed E-state index contributed by atoms with van der Waals surface area (Å²) in [5, 5.41) is 1.89. The summed E-state index contributed by atoms with van der Waals surface area (Å²) in [4.78, 5) is 52.2. The van der Waals surface area contributed by atoms with Crippen LogP contribution in [0.1, 0.15) is 53.1 Å². The van der Waals surface area contributed by atoms with Crippen LogP contribution in [-0.4, -0.2) is 41.2 Å². The number of nitrogens with one attached hydrogen (secondary N) is 1. The third-order valence-corrected chi connectivity index (χ3v) is 7.11. The number of halogens is 4. The fraction of sp³-hybridized carbons (Fsp3) is 0.304. The van der Waals surface area contributed by atoms with E-state index < -0.39 is 42.3 Å². The lowest BCUT2D eigenvalue weighted by atomic mass is 10.0. The van der Waals surface area contributed by atoms with Crippen molar-refractivity contribution in [2.75, 3.05) is 6.61 Å². The molecule has 1 aliphatic heterocycles. The number of amides is 3. The molecule has 0 bridgehead atoms. The molecule has 0 unspecified atom stereocenters. The monoisotopic (exact) mass is 544 g/mol. The lowest BCUT2D eigenvalue weighted by Crippen LogP contribution is -2.49. The van der Waals surface area contributed by atoms with Gasteiger partial charge in [0.05, 0.1) is 37.3 Å². The van der Waals surface area contributed by atoms with Gasteiger partial charge in [-0.1, -0.05) is 90.6 Å². The summed E-state index contributed by atoms with van der Waals surface area (Å²) in [7, 11) is 0. The molecule has 0 fully saturated rings. The summed E-state index contributed by atoms with van der Waals surface area (Å²) >= 11 is 24.4. The number of esters is 1. The minimum atomic E-state index is -1.34. The molecule has 3 rings (SSSR count). The molecule has 1 aliphatic rings. The highest BCUT2D eigenvalue weighted by molar-refractivity contribution is 6.55. The standard InChI is InChI=1S/C23H20Cl4N2O5/c1-10(2)20(23(33)34-9-13(30)28-11(3)12-7-5-4-6-8-12)29-21(31)14-15(22(29)32)17(25)19(27)18(26)16(14)24/h4-8,10-11,20H,9H2,1-3H3,(H,28,30)/t11-,20-/m1/s1. The first-order chi connectivity index (χ1) is 16.0. The average Bonchev–Trinajstić information content (AvgIpc) is 3.05. The molecule has 1 N–H and O–H groups in total. The second kappa shape index (κ2) is 10.5. The number of hydrogen-bond acceptors (Lipinski definition) is 5. The zero-order valence-corrected chi connectivity index (χ0v) is 21.3. The highest BCUT2D eigenvalue weighted by Crippen LogP contribution is 2.45. The van der Waals surface area contributed by atoms with Gasteiger partial charge in [-0.3, -0.25) is 19.3 Å². The molecule has 2 aromatic rings. The highest BCUT2D eigenvalue weighted by atomic mass is 35.5. The highest BCUT2D eigenvalue weighted by Gasteiger charge is 2.48. The van der Waals surface area contributed by atoms with Crippen LogP contribution in [0.15, 0.2) is 30.3 Å². The molecule has 34 heavy (non-hydrogen) atoms. The second-order valence-corrected chi connectivity index (χ2v) is 9.49. The molecule has 7 nitrogen and oxygen atoms in total. The third kappa shape index (κ3) is 4.89. The van der Waals surface area contributed by atoms with E-state index in [1.54, 1.807) is 20.8 Å². The number of rotatable bonds is 7. The number of nitrogens with zero attached hydrogens (tertiary/aromatic N) is 1. The number of hydrogen-bond donors (Lipinski definition) is 1. The Kier molecular flexibility index (Phi) is 8.14. The van der Waals surface area contributed by atoms with Gasteiger partial charge in [0.15, 0.2) is 6.61 Å². The van der Waals surface area contributed by atoms with E-state index >= 15 is 0 Å². The van der Waals surface area contributed by atoms with Gasteiger partial charge in [0.25, 0.3) is 17.7 Å². The molecule has 2 atom stereocenters. The van der Waals surface area contributed by atoms with Gasteiger partial charge < -0.3 is 10.1 Å². The zero-order valence-electron chi connectivity index (χ0n) is 18.3. The van der Waals surface area contributed by atoms with Crippen molar-refractivity contribution >= 4 is 70.1 Å². The molecule has 180 valence electrons. The Labute approximate surface area is 216 Å². The number of benzene rings is 2. The fourth-order valence-electron chi connectivity index (χ4n) is 3.63. The van der Waals surface area contributed by atoms with Crippen LogP contribution < -0.4 is 5.32 Å². The molecule has 2 aromatic carbocycles. The maximum atomic E-state index is 13.1. The fourth-order valence-corrected chi connectivity index (χ4v) is 4.64. The van der Waals surface area contributed by atoms with Gasteiger partial charge in [-0.15, -0.1) is 0 Å². The van der Waals surface area contributed by atoms with Crippen LogP contribution >= 0.6 is 46.4 Å². The van der Waals surface area contributed by atoms with E-state index in [-0.39, 0.29) is 37.3 Å². The van der Waals surface area contributed by atoms with Crippen LogP contribution in [0.2, 0.25) is 20.1 Å². The first-order valence-corrected chi connectivity index (χ1v) is 11.7. The van der Waals surface area contributed by atoms with Crippen molar-refractivity contribution < 1.29 is 23.9 Å². The molecule has 0 aliphatic carbocycles. The average molecular weight is 546 g/mol. The maximum Gasteiger partial charge on any atom is 0.330 e. The largest absolute Gasteiger partial charge is 0.454 e. The first kappa shape index (κ1) is 26.3. The van der Waals surface area contributed by atoms with Crippen LogP contribution in [0, 0.1) is 5.92 Å². The molecule has 0 radical (unpaired) electrons. The molecular weight excluding hydrogens is 526 g/mol. The van der Waals surface area contributed by atoms with Crippen molar-refractivity contribution in [3.63, 3.8) is 0 Å². The number of carbonyl (C=O) groups excluding carboxylic acids is 4. The summed E-state index contributed by atoms with van der Waals surface area (Å²) in [6, 6.07) is 7.58. The first-order valence-electron chi connectivity index (χ1n) is 10.2. The van der Waals surface area contributed by atoms with E-state index in [0.717, 1.165) is 5.56 Å². The van der Waals surface area contributed by atoms with Gasteiger partial charge in [0.2, 0.25) is 0 Å². The zero-order chi connectivity index (χ0) is 25.3. The quantitative estimate of drug-likeness (QED) is 0.219. The lowest BCUT2D eigenvalue weighted by Gasteiger charge is -2.27. The summed E-state index contributed by atoms with van der Waals surface area (Å²) in [5.74, 6) is -3.74. The molecule has 0 spiro atoms. The van der Waals surface area contributed by atoms with E-state index in [9.17, 15) is 19.2 Å². The molecule has 11 heteroatoms. The van der Waals surface area contributed by atoms with E-state index in [4.69, 9.17) is 51.1 Å². The van der Waals surface area contributed by atoms with Crippen LogP contribution in [0.25, 0.3) is 0 Å². The van der Waals surface area contributed by atoms with Gasteiger partial charge in [0, 0.05) is 0 Å². The SMILES string of the molecule is CC(C)[C@H](C(=O)OCC(=O)N[C@H](C)c1ccccc1)N1C(=O)c2c(Cl)c(Cl)c(Cl)c(Cl)c2C1=O. The minimum absolute atomic E-state index is 0.178. The van der Waals surface area contributed by atoms with Crippen LogP contribution in [0.3, 0.4) is 0 Å². The van der Waals surface area contributed by atoms with Crippen molar-refractivity contribution in [1.82, 2.24) is 10.2 Å². The molecule has 1 heterocycles. The Bertz CT molecular complexity index is 1120. The van der Waals surface area contributed by atoms with Crippen molar-refractivity contribution in [1.29, 1.82) is 0 Å². The van der Waals surface area contributed by atoms with E-state index in [2.05, 4.69) is 5.32 Å². The molecule has 0 saturated carbocycles.